The minimum atomic E-state index is -3.51. The van der Waals surface area contributed by atoms with E-state index in [0.29, 0.717) is 17.8 Å². The molecule has 3 rings (SSSR count). The zero-order valence-corrected chi connectivity index (χ0v) is 21.2. The van der Waals surface area contributed by atoms with Crippen LogP contribution in [0.15, 0.2) is 41.3 Å². The van der Waals surface area contributed by atoms with Crippen molar-refractivity contribution < 1.29 is 22.0 Å². The van der Waals surface area contributed by atoms with Crippen LogP contribution >= 0.6 is 11.3 Å². The predicted octanol–water partition coefficient (Wildman–Crippen LogP) is 4.81. The number of hydrogen-bond donors (Lipinski definition) is 0. The summed E-state index contributed by atoms with van der Waals surface area (Å²) in [4.78, 5) is 21.2. The molecule has 0 N–H and O–H groups in total. The van der Waals surface area contributed by atoms with Crippen molar-refractivity contribution in [2.24, 2.45) is 0 Å². The maximum absolute atomic E-state index is 14.2. The largest absolute Gasteiger partial charge is 0.302 e. The van der Waals surface area contributed by atoms with Gasteiger partial charge in [-0.15, -0.1) is 0 Å². The Hall–Kier alpha value is -2.43. The molecule has 34 heavy (non-hydrogen) atoms. The summed E-state index contributed by atoms with van der Waals surface area (Å²) in [6.07, 6.45) is 0.140. The molecular weight excluding hydrogens is 480 g/mol. The summed E-state index contributed by atoms with van der Waals surface area (Å²) in [5.41, 5.74) is 0.981. The highest BCUT2D eigenvalue weighted by Gasteiger charge is 2.23. The molecule has 10 heteroatoms. The summed E-state index contributed by atoms with van der Waals surface area (Å²) in [6.45, 7) is 8.40. The number of aryl methyl sites for hydroxylation is 1. The lowest BCUT2D eigenvalue weighted by Gasteiger charge is -2.24. The first-order chi connectivity index (χ1) is 16.1. The topological polar surface area (TPSA) is 70.6 Å². The van der Waals surface area contributed by atoms with E-state index >= 15 is 0 Å². The van der Waals surface area contributed by atoms with Crippen molar-refractivity contribution in [2.75, 3.05) is 36.8 Å². The molecular formula is C24H29F2N3O3S2. The smallest absolute Gasteiger partial charge is 0.228 e. The van der Waals surface area contributed by atoms with Crippen LogP contribution in [0.3, 0.4) is 0 Å². The lowest BCUT2D eigenvalue weighted by molar-refractivity contribution is -0.118. The zero-order chi connectivity index (χ0) is 24.9. The van der Waals surface area contributed by atoms with Crippen molar-refractivity contribution >= 4 is 42.4 Å². The zero-order valence-electron chi connectivity index (χ0n) is 19.6. The minimum absolute atomic E-state index is 0.00386. The number of aromatic nitrogens is 1. The normalized spacial score (nSPS) is 11.9. The number of carbonyl (C=O) groups is 1. The number of sulfone groups is 1. The van der Waals surface area contributed by atoms with E-state index in [4.69, 9.17) is 0 Å². The molecule has 184 valence electrons. The van der Waals surface area contributed by atoms with Gasteiger partial charge in [0.05, 0.1) is 15.3 Å². The maximum Gasteiger partial charge on any atom is 0.228 e. The van der Waals surface area contributed by atoms with Crippen molar-refractivity contribution in [3.05, 3.63) is 53.6 Å². The fourth-order valence-electron chi connectivity index (χ4n) is 3.58. The van der Waals surface area contributed by atoms with Gasteiger partial charge in [0.25, 0.3) is 0 Å². The third-order valence-electron chi connectivity index (χ3n) is 5.65. The van der Waals surface area contributed by atoms with Crippen molar-refractivity contribution in [1.29, 1.82) is 0 Å². The van der Waals surface area contributed by atoms with E-state index in [9.17, 15) is 22.0 Å². The van der Waals surface area contributed by atoms with E-state index in [2.05, 4.69) is 9.88 Å². The number of anilines is 1. The molecule has 1 aromatic heterocycles. The van der Waals surface area contributed by atoms with Crippen LogP contribution in [0.5, 0.6) is 0 Å². The lowest BCUT2D eigenvalue weighted by atomic mass is 10.2. The molecule has 0 saturated heterocycles. The highest BCUT2D eigenvalue weighted by atomic mass is 32.2. The van der Waals surface area contributed by atoms with Crippen LogP contribution < -0.4 is 4.90 Å². The van der Waals surface area contributed by atoms with Gasteiger partial charge in [-0.25, -0.2) is 22.2 Å². The molecule has 1 amide bonds. The molecule has 0 atom stereocenters. The van der Waals surface area contributed by atoms with Gasteiger partial charge in [-0.3, -0.25) is 9.69 Å². The van der Waals surface area contributed by atoms with Gasteiger partial charge in [-0.1, -0.05) is 42.9 Å². The van der Waals surface area contributed by atoms with Crippen LogP contribution in [-0.2, 0) is 14.6 Å². The van der Waals surface area contributed by atoms with Crippen molar-refractivity contribution in [1.82, 2.24) is 9.88 Å². The standard InChI is InChI=1S/C24H29F2N3O3S2/c1-4-28(5-2)12-13-29(24-27-23-20(26)15-18(25)16-21(23)33-24)22(30)7-6-14-34(31,32)19-10-8-17(3)9-11-19/h8-11,15-16H,4-7,12-14H2,1-3H3. The van der Waals surface area contributed by atoms with Gasteiger partial charge in [0.15, 0.2) is 20.8 Å². The molecule has 3 aromatic rings. The Balaban J connectivity index is 1.77. The average Bonchev–Trinajstić information content (AvgIpc) is 3.21. The minimum Gasteiger partial charge on any atom is -0.302 e. The third-order valence-corrected chi connectivity index (χ3v) is 8.49. The highest BCUT2D eigenvalue weighted by Crippen LogP contribution is 2.31. The van der Waals surface area contributed by atoms with Crippen molar-refractivity contribution in [3.63, 3.8) is 0 Å². The monoisotopic (exact) mass is 509 g/mol. The molecule has 0 unspecified atom stereocenters. The molecule has 0 fully saturated rings. The number of amides is 1. The van der Waals surface area contributed by atoms with Crippen LogP contribution in [0.2, 0.25) is 0 Å². The molecule has 0 bridgehead atoms. The van der Waals surface area contributed by atoms with Gasteiger partial charge in [-0.05, 0) is 44.6 Å². The molecule has 6 nitrogen and oxygen atoms in total. The van der Waals surface area contributed by atoms with Crippen LogP contribution in [0.4, 0.5) is 13.9 Å². The van der Waals surface area contributed by atoms with Crippen LogP contribution in [0.1, 0.15) is 32.3 Å². The Bertz CT molecular complexity index is 1240. The fourth-order valence-corrected chi connectivity index (χ4v) is 5.94. The van der Waals surface area contributed by atoms with Crippen molar-refractivity contribution in [2.45, 2.75) is 38.5 Å². The number of fused-ring (bicyclic) bond motifs is 1. The number of likely N-dealkylation sites (N-methyl/N-ethyl adjacent to an activating group) is 1. The van der Waals surface area contributed by atoms with E-state index in [0.717, 1.165) is 36.1 Å². The summed E-state index contributed by atoms with van der Waals surface area (Å²) >= 11 is 1.04. The van der Waals surface area contributed by atoms with Gasteiger partial charge >= 0.3 is 0 Å². The molecule has 0 aliphatic carbocycles. The summed E-state index contributed by atoms with van der Waals surface area (Å²) in [7, 11) is -3.51. The second-order valence-corrected chi connectivity index (χ2v) is 11.2. The van der Waals surface area contributed by atoms with Gasteiger partial charge in [0, 0.05) is 25.6 Å². The summed E-state index contributed by atoms with van der Waals surface area (Å²) in [5.74, 6) is -1.95. The Labute approximate surface area is 203 Å². The highest BCUT2D eigenvalue weighted by molar-refractivity contribution is 7.91. The SMILES string of the molecule is CCN(CC)CCN(C(=O)CCCS(=O)(=O)c1ccc(C)cc1)c1nc2c(F)cc(F)cc2s1. The first-order valence-electron chi connectivity index (χ1n) is 11.2. The Kier molecular flexibility index (Phi) is 8.72. The van der Waals surface area contributed by atoms with Crippen LogP contribution in [0.25, 0.3) is 10.2 Å². The lowest BCUT2D eigenvalue weighted by Crippen LogP contribution is -2.38. The van der Waals surface area contributed by atoms with Crippen molar-refractivity contribution in [3.8, 4) is 0 Å². The van der Waals surface area contributed by atoms with E-state index in [1.807, 2.05) is 20.8 Å². The quantitative estimate of drug-likeness (QED) is 0.371. The Morgan fingerprint density at radius 2 is 1.74 bits per heavy atom. The first-order valence-corrected chi connectivity index (χ1v) is 13.7. The van der Waals surface area contributed by atoms with Gasteiger partial charge in [-0.2, -0.15) is 0 Å². The number of carbonyl (C=O) groups excluding carboxylic acids is 1. The fraction of sp³-hybridized carbons (Fsp3) is 0.417. The van der Waals surface area contributed by atoms with Gasteiger partial charge in [0.2, 0.25) is 5.91 Å². The van der Waals surface area contributed by atoms with Crippen LogP contribution in [0, 0.1) is 18.6 Å². The van der Waals surface area contributed by atoms with Gasteiger partial charge < -0.3 is 4.90 Å². The average molecular weight is 510 g/mol. The Morgan fingerprint density at radius 1 is 1.06 bits per heavy atom. The molecule has 0 aliphatic rings. The van der Waals surface area contributed by atoms with E-state index in [1.165, 1.54) is 11.0 Å². The molecule has 0 saturated carbocycles. The van der Waals surface area contributed by atoms with Gasteiger partial charge in [0.1, 0.15) is 11.3 Å². The maximum atomic E-state index is 14.2. The van der Waals surface area contributed by atoms with E-state index in [1.54, 1.807) is 24.3 Å². The summed E-state index contributed by atoms with van der Waals surface area (Å²) in [5, 5.41) is 0.276. The number of rotatable bonds is 11. The molecule has 2 aromatic carbocycles. The number of benzene rings is 2. The summed E-state index contributed by atoms with van der Waals surface area (Å²) < 4.78 is 53.4. The van der Waals surface area contributed by atoms with E-state index in [-0.39, 0.29) is 40.0 Å². The third kappa shape index (κ3) is 6.37. The second-order valence-electron chi connectivity index (χ2n) is 8.04. The van der Waals surface area contributed by atoms with E-state index < -0.39 is 21.5 Å². The predicted molar refractivity (Wildman–Crippen MR) is 132 cm³/mol. The molecule has 0 spiro atoms. The first kappa shape index (κ1) is 26.2. The number of hydrogen-bond acceptors (Lipinski definition) is 6. The Morgan fingerprint density at radius 3 is 2.38 bits per heavy atom. The molecule has 1 heterocycles. The molecule has 0 radical (unpaired) electrons. The second kappa shape index (κ2) is 11.3. The number of halogens is 2. The number of thiazole rings is 1. The summed E-state index contributed by atoms with van der Waals surface area (Å²) in [6, 6.07) is 8.57. The van der Waals surface area contributed by atoms with Crippen LogP contribution in [-0.4, -0.2) is 56.1 Å². The number of nitrogens with zero attached hydrogens (tertiary/aromatic N) is 3. The molecule has 0 aliphatic heterocycles.